The quantitative estimate of drug-likeness (QED) is 0.937. The summed E-state index contributed by atoms with van der Waals surface area (Å²) in [7, 11) is 2.04. The molecule has 0 bridgehead atoms. The van der Waals surface area contributed by atoms with E-state index in [1.165, 1.54) is 5.56 Å². The molecule has 1 heterocycles. The van der Waals surface area contributed by atoms with Crippen LogP contribution in [0.15, 0.2) is 47.1 Å². The lowest BCUT2D eigenvalue weighted by molar-refractivity contribution is 0.788. The maximum Gasteiger partial charge on any atom is 0.133 e. The minimum atomic E-state index is -0.0228. The van der Waals surface area contributed by atoms with Gasteiger partial charge in [-0.15, -0.1) is 0 Å². The van der Waals surface area contributed by atoms with Gasteiger partial charge in [0.2, 0.25) is 0 Å². The first-order valence-electron chi connectivity index (χ1n) is 6.24. The van der Waals surface area contributed by atoms with E-state index in [-0.39, 0.29) is 6.04 Å². The number of hydrogen-bond acceptors (Lipinski definition) is 3. The van der Waals surface area contributed by atoms with Crippen molar-refractivity contribution < 1.29 is 0 Å². The Balaban J connectivity index is 2.26. The number of benzene rings is 1. The molecule has 19 heavy (non-hydrogen) atoms. The Labute approximate surface area is 122 Å². The zero-order valence-corrected chi connectivity index (χ0v) is 12.8. The third kappa shape index (κ3) is 3.33. The van der Waals surface area contributed by atoms with E-state index < -0.39 is 0 Å². The van der Waals surface area contributed by atoms with Crippen molar-refractivity contribution in [2.45, 2.75) is 19.5 Å². The molecule has 0 spiro atoms. The van der Waals surface area contributed by atoms with E-state index in [2.05, 4.69) is 31.9 Å². The normalized spacial score (nSPS) is 12.2. The van der Waals surface area contributed by atoms with Gasteiger partial charge in [0.25, 0.3) is 0 Å². The van der Waals surface area contributed by atoms with Crippen LogP contribution in [0.3, 0.4) is 0 Å². The van der Waals surface area contributed by atoms with Gasteiger partial charge >= 0.3 is 0 Å². The van der Waals surface area contributed by atoms with Crippen molar-refractivity contribution in [1.82, 2.24) is 4.98 Å². The van der Waals surface area contributed by atoms with Gasteiger partial charge in [0.15, 0.2) is 0 Å². The van der Waals surface area contributed by atoms with E-state index in [9.17, 15) is 0 Å². The Bertz CT molecular complexity index is 555. The number of hydrogen-bond donors (Lipinski definition) is 1. The smallest absolute Gasteiger partial charge is 0.133 e. The molecule has 1 aromatic heterocycles. The highest BCUT2D eigenvalue weighted by atomic mass is 79.9. The van der Waals surface area contributed by atoms with E-state index in [4.69, 9.17) is 5.73 Å². The first-order chi connectivity index (χ1) is 9.09. The Kier molecular flexibility index (Phi) is 4.56. The zero-order valence-electron chi connectivity index (χ0n) is 11.2. The topological polar surface area (TPSA) is 42.1 Å². The fraction of sp³-hybridized carbons (Fsp3) is 0.267. The highest BCUT2D eigenvalue weighted by molar-refractivity contribution is 9.10. The van der Waals surface area contributed by atoms with Gasteiger partial charge in [-0.25, -0.2) is 4.98 Å². The minimum absolute atomic E-state index is 0.0228. The molecule has 0 aliphatic rings. The summed E-state index contributed by atoms with van der Waals surface area (Å²) in [6.07, 6.45) is 1.80. The lowest BCUT2D eigenvalue weighted by atomic mass is 10.1. The molecule has 1 aromatic carbocycles. The van der Waals surface area contributed by atoms with Gasteiger partial charge in [-0.3, -0.25) is 0 Å². The molecule has 2 aromatic rings. The van der Waals surface area contributed by atoms with Crippen LogP contribution in [-0.4, -0.2) is 12.0 Å². The van der Waals surface area contributed by atoms with Crippen LogP contribution < -0.4 is 10.6 Å². The Morgan fingerprint density at radius 2 is 2.00 bits per heavy atom. The standard InChI is InChI=1S/C15H18BrN3/c1-11(17)13-7-5-9-18-15(13)19(2)10-12-6-3-4-8-14(12)16/h3-9,11H,10,17H2,1-2H3. The molecule has 0 radical (unpaired) electrons. The van der Waals surface area contributed by atoms with Gasteiger partial charge in [-0.1, -0.05) is 40.2 Å². The van der Waals surface area contributed by atoms with Crippen molar-refractivity contribution >= 4 is 21.7 Å². The second-order valence-electron chi connectivity index (χ2n) is 4.65. The molecule has 3 nitrogen and oxygen atoms in total. The van der Waals surface area contributed by atoms with Crippen LogP contribution in [0, 0.1) is 0 Å². The second kappa shape index (κ2) is 6.17. The molecule has 0 saturated heterocycles. The number of anilines is 1. The first kappa shape index (κ1) is 14.0. The van der Waals surface area contributed by atoms with Crippen LogP contribution in [0.4, 0.5) is 5.82 Å². The molecular weight excluding hydrogens is 302 g/mol. The molecule has 0 saturated carbocycles. The fourth-order valence-electron chi connectivity index (χ4n) is 2.04. The van der Waals surface area contributed by atoms with Crippen LogP contribution in [0.5, 0.6) is 0 Å². The predicted molar refractivity (Wildman–Crippen MR) is 83.1 cm³/mol. The number of pyridine rings is 1. The van der Waals surface area contributed by atoms with E-state index in [0.717, 1.165) is 22.4 Å². The van der Waals surface area contributed by atoms with Crippen molar-refractivity contribution in [1.29, 1.82) is 0 Å². The largest absolute Gasteiger partial charge is 0.355 e. The molecule has 0 fully saturated rings. The molecular formula is C15H18BrN3. The van der Waals surface area contributed by atoms with Crippen molar-refractivity contribution in [3.05, 3.63) is 58.2 Å². The third-order valence-electron chi connectivity index (χ3n) is 3.03. The SMILES string of the molecule is CC(N)c1cccnc1N(C)Cc1ccccc1Br. The van der Waals surface area contributed by atoms with Crippen molar-refractivity contribution in [2.75, 3.05) is 11.9 Å². The molecule has 1 atom stereocenters. The summed E-state index contributed by atoms with van der Waals surface area (Å²) < 4.78 is 1.11. The monoisotopic (exact) mass is 319 g/mol. The highest BCUT2D eigenvalue weighted by Crippen LogP contribution is 2.24. The van der Waals surface area contributed by atoms with Gasteiger partial charge in [0.1, 0.15) is 5.82 Å². The average Bonchev–Trinajstić information content (AvgIpc) is 2.41. The summed E-state index contributed by atoms with van der Waals surface area (Å²) in [5.41, 5.74) is 8.29. The van der Waals surface area contributed by atoms with Crippen LogP contribution in [0.1, 0.15) is 24.1 Å². The van der Waals surface area contributed by atoms with Crippen molar-refractivity contribution in [3.8, 4) is 0 Å². The Morgan fingerprint density at radius 3 is 2.68 bits per heavy atom. The highest BCUT2D eigenvalue weighted by Gasteiger charge is 2.12. The van der Waals surface area contributed by atoms with Gasteiger partial charge in [-0.2, -0.15) is 0 Å². The van der Waals surface area contributed by atoms with E-state index in [0.29, 0.717) is 0 Å². The number of aromatic nitrogens is 1. The minimum Gasteiger partial charge on any atom is -0.355 e. The van der Waals surface area contributed by atoms with E-state index in [1.807, 2.05) is 44.3 Å². The fourth-order valence-corrected chi connectivity index (χ4v) is 2.45. The summed E-state index contributed by atoms with van der Waals surface area (Å²) in [6, 6.07) is 12.1. The number of nitrogens with two attached hydrogens (primary N) is 1. The Morgan fingerprint density at radius 1 is 1.26 bits per heavy atom. The lowest BCUT2D eigenvalue weighted by Gasteiger charge is -2.23. The lowest BCUT2D eigenvalue weighted by Crippen LogP contribution is -2.21. The molecule has 4 heteroatoms. The van der Waals surface area contributed by atoms with Crippen LogP contribution in [-0.2, 0) is 6.54 Å². The molecule has 2 rings (SSSR count). The molecule has 0 aliphatic heterocycles. The third-order valence-corrected chi connectivity index (χ3v) is 3.81. The van der Waals surface area contributed by atoms with Gasteiger partial charge in [-0.05, 0) is 24.6 Å². The van der Waals surface area contributed by atoms with Gasteiger partial charge < -0.3 is 10.6 Å². The van der Waals surface area contributed by atoms with Crippen LogP contribution in [0.2, 0.25) is 0 Å². The number of rotatable bonds is 4. The van der Waals surface area contributed by atoms with Crippen molar-refractivity contribution in [2.24, 2.45) is 5.73 Å². The summed E-state index contributed by atoms with van der Waals surface area (Å²) >= 11 is 3.57. The van der Waals surface area contributed by atoms with Crippen molar-refractivity contribution in [3.63, 3.8) is 0 Å². The average molecular weight is 320 g/mol. The summed E-state index contributed by atoms with van der Waals surface area (Å²) in [5, 5.41) is 0. The maximum absolute atomic E-state index is 6.00. The molecule has 100 valence electrons. The zero-order chi connectivity index (χ0) is 13.8. The predicted octanol–water partition coefficient (Wildman–Crippen LogP) is 3.50. The summed E-state index contributed by atoms with van der Waals surface area (Å²) in [6.45, 7) is 2.77. The molecule has 2 N–H and O–H groups in total. The molecule has 1 unspecified atom stereocenters. The first-order valence-corrected chi connectivity index (χ1v) is 7.04. The molecule has 0 aliphatic carbocycles. The molecule has 0 amide bonds. The number of halogens is 1. The van der Waals surface area contributed by atoms with Crippen LogP contribution >= 0.6 is 15.9 Å². The maximum atomic E-state index is 6.00. The summed E-state index contributed by atoms with van der Waals surface area (Å²) in [4.78, 5) is 6.58. The second-order valence-corrected chi connectivity index (χ2v) is 5.51. The number of nitrogens with zero attached hydrogens (tertiary/aromatic N) is 2. The van der Waals surface area contributed by atoms with Crippen LogP contribution in [0.25, 0.3) is 0 Å². The van der Waals surface area contributed by atoms with Gasteiger partial charge in [0, 0.05) is 35.9 Å². The summed E-state index contributed by atoms with van der Waals surface area (Å²) in [5.74, 6) is 0.938. The van der Waals surface area contributed by atoms with Gasteiger partial charge in [0.05, 0.1) is 0 Å². The van der Waals surface area contributed by atoms with E-state index in [1.54, 1.807) is 6.20 Å². The van der Waals surface area contributed by atoms with E-state index >= 15 is 0 Å². The Hall–Kier alpha value is -1.39.